The van der Waals surface area contributed by atoms with Gasteiger partial charge in [-0.3, -0.25) is 0 Å². The Bertz CT molecular complexity index is 970. The van der Waals surface area contributed by atoms with Crippen LogP contribution in [-0.4, -0.2) is 24.3 Å². The fourth-order valence-corrected chi connectivity index (χ4v) is 3.27. The molecule has 0 N–H and O–H groups in total. The summed E-state index contributed by atoms with van der Waals surface area (Å²) in [6.07, 6.45) is 1.39. The Balaban J connectivity index is 1.85. The SMILES string of the molecule is CCOc1cc(C=C2C(=O)OC(C)(C)OC2=O)ccc1OCc1c(Cl)cccc1Cl. The molecule has 3 rings (SSSR count). The van der Waals surface area contributed by atoms with Crippen molar-refractivity contribution in [1.82, 2.24) is 0 Å². The van der Waals surface area contributed by atoms with E-state index in [1.807, 2.05) is 6.92 Å². The van der Waals surface area contributed by atoms with Crippen molar-refractivity contribution in [2.75, 3.05) is 6.61 Å². The molecule has 0 amide bonds. The molecule has 1 fully saturated rings. The number of halogens is 2. The van der Waals surface area contributed by atoms with Gasteiger partial charge in [0.05, 0.1) is 6.61 Å². The fraction of sp³-hybridized carbons (Fsp3) is 0.273. The van der Waals surface area contributed by atoms with Gasteiger partial charge in [0.2, 0.25) is 0 Å². The number of benzene rings is 2. The Morgan fingerprint density at radius 2 is 1.60 bits per heavy atom. The molecular formula is C22H20Cl2O6. The minimum Gasteiger partial charge on any atom is -0.490 e. The minimum atomic E-state index is -1.29. The number of carbonyl (C=O) groups excluding carboxylic acids is 2. The molecule has 2 aromatic rings. The molecule has 30 heavy (non-hydrogen) atoms. The number of hydrogen-bond acceptors (Lipinski definition) is 6. The van der Waals surface area contributed by atoms with Crippen LogP contribution in [-0.2, 0) is 25.7 Å². The van der Waals surface area contributed by atoms with Crippen molar-refractivity contribution in [3.63, 3.8) is 0 Å². The molecule has 158 valence electrons. The summed E-state index contributed by atoms with van der Waals surface area (Å²) in [5.41, 5.74) is 1.00. The monoisotopic (exact) mass is 450 g/mol. The first kappa shape index (κ1) is 22.0. The molecule has 1 saturated heterocycles. The molecule has 8 heteroatoms. The van der Waals surface area contributed by atoms with Crippen molar-refractivity contribution in [2.45, 2.75) is 33.2 Å². The van der Waals surface area contributed by atoms with Gasteiger partial charge in [0.1, 0.15) is 12.2 Å². The van der Waals surface area contributed by atoms with E-state index in [-0.39, 0.29) is 12.2 Å². The van der Waals surface area contributed by atoms with E-state index in [9.17, 15) is 9.59 Å². The van der Waals surface area contributed by atoms with E-state index in [0.717, 1.165) is 0 Å². The van der Waals surface area contributed by atoms with Gasteiger partial charge >= 0.3 is 11.9 Å². The zero-order valence-corrected chi connectivity index (χ0v) is 18.2. The summed E-state index contributed by atoms with van der Waals surface area (Å²) < 4.78 is 21.7. The Labute approximate surface area is 184 Å². The van der Waals surface area contributed by atoms with Gasteiger partial charge in [-0.25, -0.2) is 9.59 Å². The van der Waals surface area contributed by atoms with E-state index in [1.165, 1.54) is 19.9 Å². The number of rotatable bonds is 6. The lowest BCUT2D eigenvalue weighted by Crippen LogP contribution is -2.41. The lowest BCUT2D eigenvalue weighted by atomic mass is 10.1. The number of cyclic esters (lactones) is 2. The van der Waals surface area contributed by atoms with Gasteiger partial charge in [-0.05, 0) is 42.8 Å². The van der Waals surface area contributed by atoms with Gasteiger partial charge in [-0.1, -0.05) is 35.3 Å². The molecule has 6 nitrogen and oxygen atoms in total. The van der Waals surface area contributed by atoms with Crippen LogP contribution in [0.3, 0.4) is 0 Å². The quantitative estimate of drug-likeness (QED) is 0.342. The van der Waals surface area contributed by atoms with Gasteiger partial charge in [-0.15, -0.1) is 0 Å². The maximum atomic E-state index is 12.2. The smallest absolute Gasteiger partial charge is 0.348 e. The third-order valence-electron chi connectivity index (χ3n) is 4.13. The predicted octanol–water partition coefficient (Wildman–Crippen LogP) is 5.19. The number of ether oxygens (including phenoxy) is 4. The molecule has 1 aliphatic heterocycles. The number of carbonyl (C=O) groups is 2. The van der Waals surface area contributed by atoms with Gasteiger partial charge in [0.15, 0.2) is 11.5 Å². The summed E-state index contributed by atoms with van der Waals surface area (Å²) >= 11 is 12.4. The largest absolute Gasteiger partial charge is 0.490 e. The molecule has 0 aliphatic carbocycles. The predicted molar refractivity (Wildman–Crippen MR) is 113 cm³/mol. The minimum absolute atomic E-state index is 0.146. The van der Waals surface area contributed by atoms with Gasteiger partial charge < -0.3 is 18.9 Å². The molecule has 0 radical (unpaired) electrons. The second kappa shape index (κ2) is 8.98. The molecule has 0 saturated carbocycles. The normalized spacial score (nSPS) is 15.3. The van der Waals surface area contributed by atoms with E-state index < -0.39 is 17.7 Å². The average Bonchev–Trinajstić information content (AvgIpc) is 2.65. The highest BCUT2D eigenvalue weighted by Crippen LogP contribution is 2.33. The zero-order chi connectivity index (χ0) is 21.9. The lowest BCUT2D eigenvalue weighted by Gasteiger charge is -2.29. The summed E-state index contributed by atoms with van der Waals surface area (Å²) in [4.78, 5) is 24.3. The Morgan fingerprint density at radius 3 is 2.20 bits per heavy atom. The molecule has 0 aromatic heterocycles. The van der Waals surface area contributed by atoms with Crippen LogP contribution in [0.5, 0.6) is 11.5 Å². The topological polar surface area (TPSA) is 71.1 Å². The van der Waals surface area contributed by atoms with E-state index >= 15 is 0 Å². The average molecular weight is 451 g/mol. The van der Waals surface area contributed by atoms with Gasteiger partial charge in [-0.2, -0.15) is 0 Å². The molecule has 0 unspecified atom stereocenters. The van der Waals surface area contributed by atoms with Crippen LogP contribution in [0.15, 0.2) is 42.0 Å². The molecule has 0 bridgehead atoms. The van der Waals surface area contributed by atoms with E-state index in [4.69, 9.17) is 42.1 Å². The fourth-order valence-electron chi connectivity index (χ4n) is 2.77. The van der Waals surface area contributed by atoms with Crippen LogP contribution in [0.1, 0.15) is 31.9 Å². The second-order valence-corrected chi connectivity index (χ2v) is 7.68. The molecule has 1 heterocycles. The van der Waals surface area contributed by atoms with Crippen LogP contribution >= 0.6 is 23.2 Å². The first-order valence-corrected chi connectivity index (χ1v) is 9.96. The van der Waals surface area contributed by atoms with Crippen molar-refractivity contribution in [3.05, 3.63) is 63.1 Å². The lowest BCUT2D eigenvalue weighted by molar-refractivity contribution is -0.222. The van der Waals surface area contributed by atoms with Crippen LogP contribution in [0.2, 0.25) is 10.0 Å². The standard InChI is InChI=1S/C22H20Cl2O6/c1-4-27-19-11-13(10-14-20(25)29-22(2,3)30-21(14)26)8-9-18(19)28-12-15-16(23)6-5-7-17(15)24/h5-11H,4,12H2,1-3H3. The Morgan fingerprint density at radius 1 is 0.967 bits per heavy atom. The molecular weight excluding hydrogens is 431 g/mol. The maximum absolute atomic E-state index is 12.2. The molecule has 0 spiro atoms. The van der Waals surface area contributed by atoms with E-state index in [2.05, 4.69) is 0 Å². The van der Waals surface area contributed by atoms with Crippen LogP contribution in [0, 0.1) is 0 Å². The Kier molecular flexibility index (Phi) is 6.58. The highest BCUT2D eigenvalue weighted by molar-refractivity contribution is 6.35. The van der Waals surface area contributed by atoms with Crippen molar-refractivity contribution < 1.29 is 28.5 Å². The summed E-state index contributed by atoms with van der Waals surface area (Å²) in [7, 11) is 0. The van der Waals surface area contributed by atoms with Crippen LogP contribution < -0.4 is 9.47 Å². The molecule has 1 aliphatic rings. The summed E-state index contributed by atoms with van der Waals surface area (Å²) in [5.74, 6) is -1.89. The number of hydrogen-bond donors (Lipinski definition) is 0. The highest BCUT2D eigenvalue weighted by Gasteiger charge is 2.38. The second-order valence-electron chi connectivity index (χ2n) is 6.86. The number of esters is 2. The van der Waals surface area contributed by atoms with Gasteiger partial charge in [0, 0.05) is 29.5 Å². The van der Waals surface area contributed by atoms with Crippen molar-refractivity contribution in [1.29, 1.82) is 0 Å². The van der Waals surface area contributed by atoms with Crippen molar-refractivity contribution >= 4 is 41.2 Å². The highest BCUT2D eigenvalue weighted by atomic mass is 35.5. The molecule has 0 atom stereocenters. The van der Waals surface area contributed by atoms with E-state index in [1.54, 1.807) is 36.4 Å². The first-order valence-electron chi connectivity index (χ1n) is 9.21. The third kappa shape index (κ3) is 5.07. The summed E-state index contributed by atoms with van der Waals surface area (Å²) in [6, 6.07) is 10.2. The third-order valence-corrected chi connectivity index (χ3v) is 4.84. The summed E-state index contributed by atoms with van der Waals surface area (Å²) in [6.45, 7) is 5.35. The van der Waals surface area contributed by atoms with Crippen molar-refractivity contribution in [3.8, 4) is 11.5 Å². The van der Waals surface area contributed by atoms with Crippen LogP contribution in [0.4, 0.5) is 0 Å². The van der Waals surface area contributed by atoms with E-state index in [0.29, 0.717) is 39.3 Å². The Hall–Kier alpha value is -2.70. The maximum Gasteiger partial charge on any atom is 0.348 e. The first-order chi connectivity index (χ1) is 14.2. The van der Waals surface area contributed by atoms with Gasteiger partial charge in [0.25, 0.3) is 5.79 Å². The zero-order valence-electron chi connectivity index (χ0n) is 16.7. The summed E-state index contributed by atoms with van der Waals surface area (Å²) in [5, 5.41) is 0.998. The van der Waals surface area contributed by atoms with Crippen molar-refractivity contribution in [2.24, 2.45) is 0 Å². The van der Waals surface area contributed by atoms with Crippen LogP contribution in [0.25, 0.3) is 6.08 Å². The molecule has 2 aromatic carbocycles.